The number of nitrogens with zero attached hydrogens (tertiary/aromatic N) is 2. The zero-order chi connectivity index (χ0) is 18.4. The van der Waals surface area contributed by atoms with E-state index in [9.17, 15) is 13.2 Å². The average molecular weight is 365 g/mol. The van der Waals surface area contributed by atoms with Crippen LogP contribution in [-0.4, -0.2) is 32.8 Å². The van der Waals surface area contributed by atoms with Crippen molar-refractivity contribution in [2.45, 2.75) is 52.4 Å². The Balaban J connectivity index is 2.13. The number of sulfonamides is 1. The van der Waals surface area contributed by atoms with Crippen LogP contribution in [-0.2, 0) is 14.8 Å². The average Bonchev–Trinajstić information content (AvgIpc) is 2.81. The summed E-state index contributed by atoms with van der Waals surface area (Å²) in [6.07, 6.45) is 7.47. The van der Waals surface area contributed by atoms with Crippen molar-refractivity contribution in [3.63, 3.8) is 0 Å². The van der Waals surface area contributed by atoms with Gasteiger partial charge in [0, 0.05) is 5.71 Å². The van der Waals surface area contributed by atoms with Gasteiger partial charge < -0.3 is 0 Å². The quantitative estimate of drug-likeness (QED) is 0.644. The molecular weight excluding hydrogens is 338 g/mol. The molecule has 1 aromatic rings. The lowest BCUT2D eigenvalue weighted by Crippen LogP contribution is -2.39. The molecule has 138 valence electrons. The van der Waals surface area contributed by atoms with Crippen LogP contribution in [0, 0.1) is 13.8 Å². The van der Waals surface area contributed by atoms with Crippen LogP contribution < -0.4 is 9.73 Å². The summed E-state index contributed by atoms with van der Waals surface area (Å²) in [7, 11) is -3.58. The fourth-order valence-corrected chi connectivity index (χ4v) is 3.85. The minimum Gasteiger partial charge on any atom is -0.271 e. The predicted molar refractivity (Wildman–Crippen MR) is 101 cm³/mol. The van der Waals surface area contributed by atoms with E-state index in [4.69, 9.17) is 0 Å². The van der Waals surface area contributed by atoms with Crippen LogP contribution in [0.1, 0.15) is 49.7 Å². The largest absolute Gasteiger partial charge is 0.271 e. The Morgan fingerprint density at radius 1 is 1.16 bits per heavy atom. The molecule has 0 aliphatic heterocycles. The summed E-state index contributed by atoms with van der Waals surface area (Å²) in [4.78, 5) is 12.3. The first kappa shape index (κ1) is 19.4. The molecule has 0 atom stereocenters. The van der Waals surface area contributed by atoms with E-state index in [0.29, 0.717) is 5.69 Å². The molecular formula is C18H27N3O3S. The molecule has 0 saturated heterocycles. The maximum atomic E-state index is 12.3. The van der Waals surface area contributed by atoms with Gasteiger partial charge in [-0.2, -0.15) is 5.10 Å². The summed E-state index contributed by atoms with van der Waals surface area (Å²) in [5.74, 6) is -0.428. The third-order valence-corrected chi connectivity index (χ3v) is 5.68. The van der Waals surface area contributed by atoms with Crippen molar-refractivity contribution in [1.29, 1.82) is 0 Å². The van der Waals surface area contributed by atoms with Crippen LogP contribution in [0.2, 0.25) is 0 Å². The molecule has 0 aromatic heterocycles. The smallest absolute Gasteiger partial charge is 0.260 e. The van der Waals surface area contributed by atoms with E-state index in [-0.39, 0.29) is 6.54 Å². The second kappa shape index (κ2) is 8.47. The third-order valence-electron chi connectivity index (χ3n) is 4.55. The van der Waals surface area contributed by atoms with E-state index < -0.39 is 15.9 Å². The summed E-state index contributed by atoms with van der Waals surface area (Å²) in [6, 6.07) is 5.42. The molecule has 6 nitrogen and oxygen atoms in total. The van der Waals surface area contributed by atoms with Gasteiger partial charge in [0.15, 0.2) is 0 Å². The maximum absolute atomic E-state index is 12.3. The monoisotopic (exact) mass is 365 g/mol. The summed E-state index contributed by atoms with van der Waals surface area (Å²) in [6.45, 7) is 3.49. The fourth-order valence-electron chi connectivity index (χ4n) is 2.94. The molecule has 0 heterocycles. The lowest BCUT2D eigenvalue weighted by atomic mass is 10.1. The minimum atomic E-state index is -3.58. The first-order chi connectivity index (χ1) is 11.8. The number of aryl methyl sites for hydroxylation is 1. The van der Waals surface area contributed by atoms with Gasteiger partial charge >= 0.3 is 0 Å². The molecule has 0 unspecified atom stereocenters. The molecule has 1 aromatic carbocycles. The van der Waals surface area contributed by atoms with Gasteiger partial charge in [0.1, 0.15) is 6.54 Å². The highest BCUT2D eigenvalue weighted by atomic mass is 32.2. The SMILES string of the molecule is Cc1cccc(N(CC(=O)NN=C2CCCCCC2)S(C)(=O)=O)c1C. The van der Waals surface area contributed by atoms with Crippen molar-refractivity contribution in [1.82, 2.24) is 5.43 Å². The van der Waals surface area contributed by atoms with Crippen molar-refractivity contribution < 1.29 is 13.2 Å². The van der Waals surface area contributed by atoms with Crippen LogP contribution in [0.3, 0.4) is 0 Å². The van der Waals surface area contributed by atoms with E-state index >= 15 is 0 Å². The number of hydrogen-bond acceptors (Lipinski definition) is 4. The van der Waals surface area contributed by atoms with Gasteiger partial charge in [-0.25, -0.2) is 13.8 Å². The first-order valence-electron chi connectivity index (χ1n) is 8.67. The van der Waals surface area contributed by atoms with E-state index in [1.807, 2.05) is 19.9 Å². The molecule has 1 amide bonds. The van der Waals surface area contributed by atoms with Crippen LogP contribution in [0.25, 0.3) is 0 Å². The number of amides is 1. The number of nitrogens with one attached hydrogen (secondary N) is 1. The molecule has 1 aliphatic carbocycles. The van der Waals surface area contributed by atoms with E-state index in [1.165, 1.54) is 12.8 Å². The van der Waals surface area contributed by atoms with Gasteiger partial charge in [0.25, 0.3) is 5.91 Å². The van der Waals surface area contributed by atoms with Gasteiger partial charge in [-0.15, -0.1) is 0 Å². The second-order valence-corrected chi connectivity index (χ2v) is 8.52. The Morgan fingerprint density at radius 3 is 2.40 bits per heavy atom. The van der Waals surface area contributed by atoms with Crippen molar-refractivity contribution in [2.75, 3.05) is 17.1 Å². The van der Waals surface area contributed by atoms with Crippen LogP contribution in [0.4, 0.5) is 5.69 Å². The molecule has 2 rings (SSSR count). The van der Waals surface area contributed by atoms with E-state index in [2.05, 4.69) is 10.5 Å². The van der Waals surface area contributed by atoms with E-state index in [1.54, 1.807) is 12.1 Å². The number of anilines is 1. The third kappa shape index (κ3) is 5.56. The number of carbonyl (C=O) groups is 1. The molecule has 1 fully saturated rings. The highest BCUT2D eigenvalue weighted by molar-refractivity contribution is 7.92. The molecule has 0 spiro atoms. The number of rotatable bonds is 5. The van der Waals surface area contributed by atoms with Gasteiger partial charge in [-0.05, 0) is 56.7 Å². The van der Waals surface area contributed by atoms with Crippen molar-refractivity contribution in [3.05, 3.63) is 29.3 Å². The normalized spacial score (nSPS) is 15.4. The van der Waals surface area contributed by atoms with Gasteiger partial charge in [-0.1, -0.05) is 25.0 Å². The Morgan fingerprint density at radius 2 is 1.80 bits per heavy atom. The summed E-state index contributed by atoms with van der Waals surface area (Å²) < 4.78 is 25.5. The second-order valence-electron chi connectivity index (χ2n) is 6.62. The molecule has 1 aliphatic rings. The predicted octanol–water partition coefficient (Wildman–Crippen LogP) is 2.90. The van der Waals surface area contributed by atoms with Gasteiger partial charge in [0.2, 0.25) is 10.0 Å². The summed E-state index contributed by atoms with van der Waals surface area (Å²) >= 11 is 0. The number of benzene rings is 1. The van der Waals surface area contributed by atoms with Crippen molar-refractivity contribution in [3.8, 4) is 0 Å². The standard InChI is InChI=1S/C18H27N3O3S/c1-14-9-8-12-17(15(14)2)21(25(3,23)24)13-18(22)20-19-16-10-6-4-5-7-11-16/h8-9,12H,4-7,10-11,13H2,1-3H3,(H,20,22). The Hall–Kier alpha value is -1.89. The molecule has 25 heavy (non-hydrogen) atoms. The maximum Gasteiger partial charge on any atom is 0.260 e. The molecule has 1 saturated carbocycles. The number of carbonyl (C=O) groups excluding carboxylic acids is 1. The zero-order valence-corrected chi connectivity index (χ0v) is 16.0. The molecule has 7 heteroatoms. The zero-order valence-electron chi connectivity index (χ0n) is 15.2. The minimum absolute atomic E-state index is 0.278. The first-order valence-corrected chi connectivity index (χ1v) is 10.5. The highest BCUT2D eigenvalue weighted by Gasteiger charge is 2.22. The molecule has 0 bridgehead atoms. The van der Waals surface area contributed by atoms with Crippen molar-refractivity contribution in [2.24, 2.45) is 5.10 Å². The molecule has 0 radical (unpaired) electrons. The van der Waals surface area contributed by atoms with Crippen LogP contribution >= 0.6 is 0 Å². The lowest BCUT2D eigenvalue weighted by Gasteiger charge is -2.24. The van der Waals surface area contributed by atoms with Gasteiger partial charge in [-0.3, -0.25) is 9.10 Å². The summed E-state index contributed by atoms with van der Waals surface area (Å²) in [5, 5.41) is 4.21. The van der Waals surface area contributed by atoms with E-state index in [0.717, 1.165) is 53.1 Å². The fraction of sp³-hybridized carbons (Fsp3) is 0.556. The molecule has 1 N–H and O–H groups in total. The summed E-state index contributed by atoms with van der Waals surface area (Å²) in [5.41, 5.74) is 5.87. The van der Waals surface area contributed by atoms with Crippen molar-refractivity contribution >= 4 is 27.3 Å². The number of hydrogen-bond donors (Lipinski definition) is 1. The Labute approximate surface area is 150 Å². The van der Waals surface area contributed by atoms with Crippen LogP contribution in [0.15, 0.2) is 23.3 Å². The lowest BCUT2D eigenvalue weighted by molar-refractivity contribution is -0.119. The topological polar surface area (TPSA) is 78.8 Å². The Bertz CT molecular complexity index is 747. The highest BCUT2D eigenvalue weighted by Crippen LogP contribution is 2.24. The van der Waals surface area contributed by atoms with Crippen LogP contribution in [0.5, 0.6) is 0 Å². The van der Waals surface area contributed by atoms with Gasteiger partial charge in [0.05, 0.1) is 11.9 Å². The number of hydrazone groups is 1. The Kier molecular flexibility index (Phi) is 6.58.